The molecule has 0 unspecified atom stereocenters. The molecule has 4 N–H and O–H groups in total. The predicted octanol–water partition coefficient (Wildman–Crippen LogP) is 2.24. The van der Waals surface area contributed by atoms with Gasteiger partial charge in [-0.15, -0.1) is 11.3 Å². The molecule has 0 spiro atoms. The molecule has 2 aromatic rings. The number of hydrogen-bond donors (Lipinski definition) is 3. The van der Waals surface area contributed by atoms with Gasteiger partial charge < -0.3 is 16.4 Å². The van der Waals surface area contributed by atoms with Crippen molar-refractivity contribution >= 4 is 39.5 Å². The van der Waals surface area contributed by atoms with Crippen molar-refractivity contribution in [2.24, 2.45) is 0 Å². The van der Waals surface area contributed by atoms with E-state index in [4.69, 9.17) is 5.73 Å². The number of anilines is 2. The molecule has 2 aromatic heterocycles. The number of aromatic nitrogens is 2. The van der Waals surface area contributed by atoms with Gasteiger partial charge in [0.15, 0.2) is 5.13 Å². The number of aryl methyl sites for hydroxylation is 1. The zero-order valence-electron chi connectivity index (χ0n) is 11.4. The van der Waals surface area contributed by atoms with Gasteiger partial charge in [0.1, 0.15) is 10.7 Å². The molecule has 1 amide bonds. The average Bonchev–Trinajstić information content (AvgIpc) is 3.00. The summed E-state index contributed by atoms with van der Waals surface area (Å²) in [6, 6.07) is 0. The Hall–Kier alpha value is -1.67. The fourth-order valence-electron chi connectivity index (χ4n) is 1.54. The van der Waals surface area contributed by atoms with E-state index in [9.17, 15) is 4.79 Å². The number of carbonyl (C=O) groups excluding carboxylic acids is 1. The third kappa shape index (κ3) is 3.45. The molecule has 8 heteroatoms. The lowest BCUT2D eigenvalue weighted by atomic mass is 10.4. The van der Waals surface area contributed by atoms with Gasteiger partial charge in [0.25, 0.3) is 5.91 Å². The highest BCUT2D eigenvalue weighted by molar-refractivity contribution is 7.18. The SMILES string of the molecule is CCCNc1nc(N)c(C(=O)NCc2scnc2C)s1. The minimum Gasteiger partial charge on any atom is -0.382 e. The lowest BCUT2D eigenvalue weighted by Gasteiger charge is -2.02. The molecule has 0 aliphatic carbocycles. The first-order valence-electron chi connectivity index (χ1n) is 6.29. The monoisotopic (exact) mass is 311 g/mol. The Bertz CT molecular complexity index is 592. The lowest BCUT2D eigenvalue weighted by Crippen LogP contribution is -2.22. The highest BCUT2D eigenvalue weighted by Gasteiger charge is 2.16. The summed E-state index contributed by atoms with van der Waals surface area (Å²) in [5, 5.41) is 6.66. The molecule has 0 saturated heterocycles. The van der Waals surface area contributed by atoms with Crippen LogP contribution in [0.3, 0.4) is 0 Å². The zero-order valence-corrected chi connectivity index (χ0v) is 13.0. The molecule has 0 fully saturated rings. The molecule has 20 heavy (non-hydrogen) atoms. The third-order valence-electron chi connectivity index (χ3n) is 2.64. The molecular formula is C12H17N5OS2. The van der Waals surface area contributed by atoms with Gasteiger partial charge in [-0.3, -0.25) is 4.79 Å². The Kier molecular flexibility index (Phi) is 4.91. The first kappa shape index (κ1) is 14.7. The van der Waals surface area contributed by atoms with Gasteiger partial charge in [0, 0.05) is 11.4 Å². The number of thiazole rings is 2. The van der Waals surface area contributed by atoms with Crippen molar-refractivity contribution in [2.45, 2.75) is 26.8 Å². The van der Waals surface area contributed by atoms with Gasteiger partial charge in [0.2, 0.25) is 0 Å². The first-order chi connectivity index (χ1) is 9.61. The molecule has 0 aliphatic rings. The summed E-state index contributed by atoms with van der Waals surface area (Å²) >= 11 is 2.80. The summed E-state index contributed by atoms with van der Waals surface area (Å²) in [6.45, 7) is 5.26. The van der Waals surface area contributed by atoms with Crippen LogP contribution in [-0.4, -0.2) is 22.4 Å². The van der Waals surface area contributed by atoms with E-state index < -0.39 is 0 Å². The van der Waals surface area contributed by atoms with Crippen molar-refractivity contribution in [1.29, 1.82) is 0 Å². The molecule has 0 aromatic carbocycles. The van der Waals surface area contributed by atoms with E-state index in [0.29, 0.717) is 16.6 Å². The molecule has 2 rings (SSSR count). The highest BCUT2D eigenvalue weighted by Crippen LogP contribution is 2.25. The molecule has 0 aliphatic heterocycles. The Balaban J connectivity index is 1.98. The number of hydrogen-bond acceptors (Lipinski definition) is 7. The van der Waals surface area contributed by atoms with Crippen LogP contribution in [0.25, 0.3) is 0 Å². The van der Waals surface area contributed by atoms with E-state index >= 15 is 0 Å². The van der Waals surface area contributed by atoms with Crippen LogP contribution in [0.4, 0.5) is 10.9 Å². The fraction of sp³-hybridized carbons (Fsp3) is 0.417. The normalized spacial score (nSPS) is 10.5. The van der Waals surface area contributed by atoms with Crippen molar-refractivity contribution in [1.82, 2.24) is 15.3 Å². The molecule has 0 radical (unpaired) electrons. The van der Waals surface area contributed by atoms with Crippen LogP contribution in [0.5, 0.6) is 0 Å². The number of nitrogens with zero attached hydrogens (tertiary/aromatic N) is 2. The number of amides is 1. The minimum atomic E-state index is -0.197. The quantitative estimate of drug-likeness (QED) is 0.761. The van der Waals surface area contributed by atoms with Gasteiger partial charge in [-0.1, -0.05) is 18.3 Å². The molecule has 0 atom stereocenters. The lowest BCUT2D eigenvalue weighted by molar-refractivity contribution is 0.0956. The highest BCUT2D eigenvalue weighted by atomic mass is 32.1. The Labute approximate surface area is 125 Å². The van der Waals surface area contributed by atoms with E-state index in [0.717, 1.165) is 23.5 Å². The van der Waals surface area contributed by atoms with Crippen molar-refractivity contribution in [3.63, 3.8) is 0 Å². The number of nitrogen functional groups attached to an aromatic ring is 1. The maximum absolute atomic E-state index is 12.1. The van der Waals surface area contributed by atoms with Crippen LogP contribution < -0.4 is 16.4 Å². The van der Waals surface area contributed by atoms with Crippen LogP contribution in [-0.2, 0) is 6.54 Å². The van der Waals surface area contributed by atoms with Crippen LogP contribution in [0.1, 0.15) is 33.6 Å². The molecular weight excluding hydrogens is 294 g/mol. The van der Waals surface area contributed by atoms with Crippen molar-refractivity contribution in [3.8, 4) is 0 Å². The number of carbonyl (C=O) groups is 1. The van der Waals surface area contributed by atoms with Gasteiger partial charge in [-0.05, 0) is 13.3 Å². The number of nitrogens with two attached hydrogens (primary N) is 1. The second-order valence-corrected chi connectivity index (χ2v) is 6.14. The summed E-state index contributed by atoms with van der Waals surface area (Å²) in [4.78, 5) is 21.9. The maximum Gasteiger partial charge on any atom is 0.265 e. The van der Waals surface area contributed by atoms with Crippen LogP contribution in [0.2, 0.25) is 0 Å². The van der Waals surface area contributed by atoms with Gasteiger partial charge >= 0.3 is 0 Å². The second-order valence-electron chi connectivity index (χ2n) is 4.20. The Morgan fingerprint density at radius 2 is 2.30 bits per heavy atom. The van der Waals surface area contributed by atoms with Crippen molar-refractivity contribution in [2.75, 3.05) is 17.6 Å². The molecule has 2 heterocycles. The fourth-order valence-corrected chi connectivity index (χ4v) is 3.08. The average molecular weight is 311 g/mol. The topological polar surface area (TPSA) is 92.9 Å². The largest absolute Gasteiger partial charge is 0.382 e. The second kappa shape index (κ2) is 6.67. The van der Waals surface area contributed by atoms with E-state index in [1.54, 1.807) is 5.51 Å². The van der Waals surface area contributed by atoms with Gasteiger partial charge in [-0.25, -0.2) is 9.97 Å². The summed E-state index contributed by atoms with van der Waals surface area (Å²) in [6.07, 6.45) is 0.992. The number of rotatable bonds is 6. The molecule has 0 saturated carbocycles. The predicted molar refractivity (Wildman–Crippen MR) is 83.3 cm³/mol. The van der Waals surface area contributed by atoms with Crippen LogP contribution >= 0.6 is 22.7 Å². The Morgan fingerprint density at radius 1 is 1.50 bits per heavy atom. The van der Waals surface area contributed by atoms with E-state index in [2.05, 4.69) is 27.5 Å². The van der Waals surface area contributed by atoms with E-state index in [1.165, 1.54) is 22.7 Å². The number of nitrogens with one attached hydrogen (secondary N) is 2. The van der Waals surface area contributed by atoms with Gasteiger partial charge in [0.05, 0.1) is 17.7 Å². The zero-order chi connectivity index (χ0) is 14.5. The molecule has 108 valence electrons. The first-order valence-corrected chi connectivity index (χ1v) is 7.98. The summed E-state index contributed by atoms with van der Waals surface area (Å²) in [5.74, 6) is 0.0736. The van der Waals surface area contributed by atoms with Crippen molar-refractivity contribution < 1.29 is 4.79 Å². The van der Waals surface area contributed by atoms with E-state index in [-0.39, 0.29) is 11.7 Å². The standard InChI is InChI=1S/C12H17N5OS2/c1-3-4-14-12-17-10(13)9(20-12)11(18)15-5-8-7(2)16-6-19-8/h6H,3-5,13H2,1-2H3,(H,14,17)(H,15,18). The summed E-state index contributed by atoms with van der Waals surface area (Å²) in [7, 11) is 0. The summed E-state index contributed by atoms with van der Waals surface area (Å²) < 4.78 is 0. The van der Waals surface area contributed by atoms with E-state index in [1.807, 2.05) is 6.92 Å². The van der Waals surface area contributed by atoms with Crippen LogP contribution in [0, 0.1) is 6.92 Å². The minimum absolute atomic E-state index is 0.197. The van der Waals surface area contributed by atoms with Crippen LogP contribution in [0.15, 0.2) is 5.51 Å². The maximum atomic E-state index is 12.1. The van der Waals surface area contributed by atoms with Gasteiger partial charge in [-0.2, -0.15) is 0 Å². The Morgan fingerprint density at radius 3 is 2.95 bits per heavy atom. The third-order valence-corrected chi connectivity index (χ3v) is 4.60. The van der Waals surface area contributed by atoms with Crippen molar-refractivity contribution in [3.05, 3.63) is 21.0 Å². The smallest absolute Gasteiger partial charge is 0.265 e. The summed E-state index contributed by atoms with van der Waals surface area (Å²) in [5.41, 5.74) is 8.49. The molecule has 6 nitrogen and oxygen atoms in total. The molecule has 0 bridgehead atoms.